The first-order valence-electron chi connectivity index (χ1n) is 14.6. The Hall–Kier alpha value is -3.00. The van der Waals surface area contributed by atoms with E-state index in [1.165, 1.54) is 44.7 Å². The third kappa shape index (κ3) is 9.79. The van der Waals surface area contributed by atoms with Gasteiger partial charge in [0.15, 0.2) is 5.78 Å². The van der Waals surface area contributed by atoms with Crippen LogP contribution in [0.25, 0.3) is 33.0 Å². The zero-order valence-corrected chi connectivity index (χ0v) is 29.3. The minimum atomic E-state index is -0.417. The van der Waals surface area contributed by atoms with E-state index in [9.17, 15) is 9.90 Å². The molecule has 4 aromatic rings. The Morgan fingerprint density at radius 1 is 0.810 bits per heavy atom. The van der Waals surface area contributed by atoms with E-state index in [2.05, 4.69) is 107 Å². The third-order valence-corrected chi connectivity index (χ3v) is 6.90. The van der Waals surface area contributed by atoms with Gasteiger partial charge in [0.05, 0.1) is 0 Å². The Labute approximate surface area is 267 Å². The van der Waals surface area contributed by atoms with Gasteiger partial charge in [0.2, 0.25) is 0 Å². The van der Waals surface area contributed by atoms with Crippen LogP contribution in [0.15, 0.2) is 78.6 Å². The number of hydrogen-bond donors (Lipinski definition) is 1. The molecular weight excluding hydrogens is 693 g/mol. The molecule has 0 amide bonds. The molecule has 42 heavy (non-hydrogen) atoms. The largest absolute Gasteiger partial charge is 0.512 e. The van der Waals surface area contributed by atoms with Gasteiger partial charge in [-0.2, -0.15) is 29.8 Å². The van der Waals surface area contributed by atoms with Crippen molar-refractivity contribution in [3.63, 3.8) is 0 Å². The fourth-order valence-electron chi connectivity index (χ4n) is 4.51. The van der Waals surface area contributed by atoms with Crippen molar-refractivity contribution in [1.82, 2.24) is 0 Å². The molecule has 2 nitrogen and oxygen atoms in total. The number of aryl methyl sites for hydroxylation is 2. The average molecular weight is 739 g/mol. The van der Waals surface area contributed by atoms with E-state index in [0.29, 0.717) is 5.92 Å². The summed E-state index contributed by atoms with van der Waals surface area (Å²) in [6.07, 6.45) is 2.39. The minimum Gasteiger partial charge on any atom is -0.512 e. The van der Waals surface area contributed by atoms with Crippen LogP contribution < -0.4 is 0 Å². The van der Waals surface area contributed by atoms with Gasteiger partial charge in [0, 0.05) is 37.0 Å². The summed E-state index contributed by atoms with van der Waals surface area (Å²) in [6.45, 7) is 19.9. The minimum absolute atomic E-state index is 0. The standard InChI is InChI=1S/C28H26.C11H20O2.Ir/c1-19(2)12-27-17-26(25-14-20(3)13-21(4)15-25)16-24-11-10-23(18-28(24)27)22-8-6-5-7-9-22;1-10(2,3)8(12)7-9(13)11(4,5)6;/h5-11,13-14,17-19H,12H2,1-4H3;7,12H,1-6H3;/q-2;;/b;8-7-;. The molecule has 225 valence electrons. The second-order valence-corrected chi connectivity index (χ2v) is 13.6. The van der Waals surface area contributed by atoms with Gasteiger partial charge in [-0.25, -0.2) is 5.56 Å². The van der Waals surface area contributed by atoms with Crippen LogP contribution in [0.2, 0.25) is 0 Å². The van der Waals surface area contributed by atoms with Crippen LogP contribution in [-0.2, 0) is 31.3 Å². The maximum absolute atomic E-state index is 11.5. The summed E-state index contributed by atoms with van der Waals surface area (Å²) in [7, 11) is 0. The molecule has 4 rings (SSSR count). The number of rotatable bonds is 5. The second kappa shape index (κ2) is 14.5. The number of ketones is 1. The molecule has 0 aliphatic carbocycles. The molecule has 4 aromatic carbocycles. The van der Waals surface area contributed by atoms with E-state index in [-0.39, 0.29) is 37.1 Å². The van der Waals surface area contributed by atoms with Gasteiger partial charge in [0.25, 0.3) is 0 Å². The number of hydrogen-bond acceptors (Lipinski definition) is 2. The van der Waals surface area contributed by atoms with Crippen molar-refractivity contribution in [2.24, 2.45) is 16.7 Å². The van der Waals surface area contributed by atoms with Crippen molar-refractivity contribution in [3.8, 4) is 22.3 Å². The van der Waals surface area contributed by atoms with Crippen molar-refractivity contribution in [1.29, 1.82) is 0 Å². The fraction of sp³-hybridized carbons (Fsp3) is 0.359. The van der Waals surface area contributed by atoms with Gasteiger partial charge in [-0.05, 0) is 23.5 Å². The summed E-state index contributed by atoms with van der Waals surface area (Å²) in [5.74, 6) is 0.703. The smallest absolute Gasteiger partial charge is 0.164 e. The summed E-state index contributed by atoms with van der Waals surface area (Å²) < 4.78 is 0. The van der Waals surface area contributed by atoms with E-state index < -0.39 is 5.41 Å². The van der Waals surface area contributed by atoms with E-state index >= 15 is 0 Å². The molecule has 0 saturated heterocycles. The number of benzene rings is 4. The first kappa shape index (κ1) is 35.2. The molecule has 3 heteroatoms. The molecule has 0 heterocycles. The van der Waals surface area contributed by atoms with E-state index in [4.69, 9.17) is 0 Å². The predicted molar refractivity (Wildman–Crippen MR) is 175 cm³/mol. The van der Waals surface area contributed by atoms with Gasteiger partial charge in [-0.1, -0.05) is 117 Å². The number of allylic oxidation sites excluding steroid dienone is 2. The number of fused-ring (bicyclic) bond motifs is 1. The topological polar surface area (TPSA) is 37.3 Å². The molecule has 0 spiro atoms. The van der Waals surface area contributed by atoms with Crippen molar-refractivity contribution in [2.45, 2.75) is 75.7 Å². The molecule has 0 fully saturated rings. The normalized spacial score (nSPS) is 12.0. The first-order chi connectivity index (χ1) is 19.0. The van der Waals surface area contributed by atoms with Crippen molar-refractivity contribution in [3.05, 3.63) is 107 Å². The van der Waals surface area contributed by atoms with Crippen LogP contribution in [0.4, 0.5) is 0 Å². The van der Waals surface area contributed by atoms with Crippen molar-refractivity contribution < 1.29 is 30.0 Å². The van der Waals surface area contributed by atoms with Crippen molar-refractivity contribution >= 4 is 16.6 Å². The summed E-state index contributed by atoms with van der Waals surface area (Å²) in [5.41, 5.74) is 7.87. The van der Waals surface area contributed by atoms with Crippen LogP contribution in [-0.4, -0.2) is 10.9 Å². The summed E-state index contributed by atoms with van der Waals surface area (Å²) in [4.78, 5) is 11.5. The Bertz CT molecular complexity index is 1510. The number of carbonyl (C=O) groups is 1. The molecule has 0 aromatic heterocycles. The molecule has 0 atom stereocenters. The molecule has 0 bridgehead atoms. The molecule has 0 saturated carbocycles. The summed E-state index contributed by atoms with van der Waals surface area (Å²) >= 11 is 0. The molecule has 1 radical (unpaired) electrons. The summed E-state index contributed by atoms with van der Waals surface area (Å²) in [5, 5.41) is 12.0. The SMILES string of the molecule is CC(C)(C)C(=O)/C=C(\O)C(C)(C)C.Cc1[c-]c(-c2[c-]c3ccc(-c4ccccc4)cc3c(CC(C)C)c2)cc(C)c1.[Ir]. The third-order valence-electron chi connectivity index (χ3n) is 6.90. The zero-order chi connectivity index (χ0) is 30.5. The summed E-state index contributed by atoms with van der Waals surface area (Å²) in [6, 6.07) is 31.2. The average Bonchev–Trinajstić information content (AvgIpc) is 2.87. The molecule has 0 aliphatic heterocycles. The molecule has 0 unspecified atom stereocenters. The van der Waals surface area contributed by atoms with Crippen LogP contribution in [0.1, 0.15) is 72.1 Å². The second-order valence-electron chi connectivity index (χ2n) is 13.6. The Kier molecular flexibility index (Phi) is 12.1. The zero-order valence-electron chi connectivity index (χ0n) is 26.9. The van der Waals surface area contributed by atoms with E-state index in [0.717, 1.165) is 17.5 Å². The number of carbonyl (C=O) groups excluding carboxylic acids is 1. The Balaban J connectivity index is 0.000000377. The quantitative estimate of drug-likeness (QED) is 0.126. The Morgan fingerprint density at radius 3 is 1.98 bits per heavy atom. The van der Waals surface area contributed by atoms with E-state index in [1.54, 1.807) is 0 Å². The monoisotopic (exact) mass is 739 g/mol. The predicted octanol–water partition coefficient (Wildman–Crippen LogP) is 10.7. The number of aliphatic hydroxyl groups excluding tert-OH is 1. The maximum Gasteiger partial charge on any atom is 0.164 e. The fourth-order valence-corrected chi connectivity index (χ4v) is 4.51. The van der Waals surface area contributed by atoms with Crippen LogP contribution in [0.3, 0.4) is 0 Å². The number of aliphatic hydroxyl groups is 1. The van der Waals surface area contributed by atoms with Crippen LogP contribution in [0, 0.1) is 42.7 Å². The van der Waals surface area contributed by atoms with Crippen LogP contribution in [0.5, 0.6) is 0 Å². The molecule has 1 N–H and O–H groups in total. The maximum atomic E-state index is 11.5. The molecular formula is C39H46IrO2-2. The van der Waals surface area contributed by atoms with Gasteiger partial charge in [-0.3, -0.25) is 4.79 Å². The van der Waals surface area contributed by atoms with Gasteiger partial charge in [-0.15, -0.1) is 34.2 Å². The van der Waals surface area contributed by atoms with Gasteiger partial charge in [0.1, 0.15) is 5.76 Å². The van der Waals surface area contributed by atoms with Crippen LogP contribution >= 0.6 is 0 Å². The van der Waals surface area contributed by atoms with Crippen molar-refractivity contribution in [2.75, 3.05) is 0 Å². The van der Waals surface area contributed by atoms with Gasteiger partial charge < -0.3 is 5.11 Å². The molecule has 0 aliphatic rings. The Morgan fingerprint density at radius 2 is 1.43 bits per heavy atom. The van der Waals surface area contributed by atoms with E-state index in [1.807, 2.05) is 41.5 Å². The first-order valence-corrected chi connectivity index (χ1v) is 14.6. The van der Waals surface area contributed by atoms with Gasteiger partial charge >= 0.3 is 0 Å².